The summed E-state index contributed by atoms with van der Waals surface area (Å²) in [5.41, 5.74) is 6.49. The second kappa shape index (κ2) is 6.35. The van der Waals surface area contributed by atoms with Crippen LogP contribution in [0.25, 0.3) is 0 Å². The molecule has 1 unspecified atom stereocenters. The zero-order chi connectivity index (χ0) is 15.5. The first-order valence-electron chi connectivity index (χ1n) is 8.07. The number of benzene rings is 2. The standard InChI is InChI=1S/C20H23NO/c1-14-7-8-16(15(2)13-14)10-12-20(22)21-19-11-9-17-5-3-4-6-18(17)19/h3-8,13,19H,9-12H2,1-2H3,(H,21,22). The first-order valence-corrected chi connectivity index (χ1v) is 8.07. The Balaban J connectivity index is 1.57. The van der Waals surface area contributed by atoms with Crippen LogP contribution in [0.2, 0.25) is 0 Å². The summed E-state index contributed by atoms with van der Waals surface area (Å²) < 4.78 is 0. The summed E-state index contributed by atoms with van der Waals surface area (Å²) in [6.45, 7) is 4.22. The number of carbonyl (C=O) groups excluding carboxylic acids is 1. The molecule has 0 radical (unpaired) electrons. The van der Waals surface area contributed by atoms with Gasteiger partial charge in [0.05, 0.1) is 6.04 Å². The number of rotatable bonds is 4. The molecule has 1 N–H and O–H groups in total. The lowest BCUT2D eigenvalue weighted by Gasteiger charge is -2.14. The molecule has 114 valence electrons. The molecule has 0 heterocycles. The van der Waals surface area contributed by atoms with Crippen molar-refractivity contribution in [3.63, 3.8) is 0 Å². The molecule has 1 amide bonds. The Morgan fingerprint density at radius 3 is 2.82 bits per heavy atom. The molecule has 0 aliphatic heterocycles. The van der Waals surface area contributed by atoms with Gasteiger partial charge >= 0.3 is 0 Å². The van der Waals surface area contributed by atoms with Gasteiger partial charge in [-0.2, -0.15) is 0 Å². The van der Waals surface area contributed by atoms with E-state index in [1.165, 1.54) is 27.8 Å². The highest BCUT2D eigenvalue weighted by atomic mass is 16.1. The molecular formula is C20H23NO. The van der Waals surface area contributed by atoms with Crippen molar-refractivity contribution in [2.45, 2.75) is 45.6 Å². The number of aryl methyl sites for hydroxylation is 4. The van der Waals surface area contributed by atoms with Gasteiger partial charge in [-0.3, -0.25) is 4.79 Å². The lowest BCUT2D eigenvalue weighted by atomic mass is 10.0. The Morgan fingerprint density at radius 1 is 1.18 bits per heavy atom. The Kier molecular flexibility index (Phi) is 4.28. The minimum atomic E-state index is 0.154. The Morgan fingerprint density at radius 2 is 2.00 bits per heavy atom. The van der Waals surface area contributed by atoms with Gasteiger partial charge in [0, 0.05) is 6.42 Å². The number of hydrogen-bond donors (Lipinski definition) is 1. The summed E-state index contributed by atoms with van der Waals surface area (Å²) in [7, 11) is 0. The summed E-state index contributed by atoms with van der Waals surface area (Å²) in [4.78, 5) is 12.2. The highest BCUT2D eigenvalue weighted by Gasteiger charge is 2.23. The molecule has 2 aromatic rings. The van der Waals surface area contributed by atoms with E-state index in [0.29, 0.717) is 6.42 Å². The van der Waals surface area contributed by atoms with Crippen molar-refractivity contribution in [2.24, 2.45) is 0 Å². The Labute approximate surface area is 132 Å². The largest absolute Gasteiger partial charge is 0.349 e. The van der Waals surface area contributed by atoms with Gasteiger partial charge in [0.1, 0.15) is 0 Å². The smallest absolute Gasteiger partial charge is 0.220 e. The quantitative estimate of drug-likeness (QED) is 0.905. The van der Waals surface area contributed by atoms with Gasteiger partial charge in [0.2, 0.25) is 5.91 Å². The maximum absolute atomic E-state index is 12.2. The molecule has 2 heteroatoms. The number of hydrogen-bond acceptors (Lipinski definition) is 1. The summed E-state index contributed by atoms with van der Waals surface area (Å²) in [6, 6.07) is 15.1. The molecule has 0 bridgehead atoms. The first kappa shape index (κ1) is 14.8. The van der Waals surface area contributed by atoms with E-state index in [4.69, 9.17) is 0 Å². The van der Waals surface area contributed by atoms with E-state index >= 15 is 0 Å². The summed E-state index contributed by atoms with van der Waals surface area (Å²) in [5.74, 6) is 0.154. The van der Waals surface area contributed by atoms with Gasteiger partial charge < -0.3 is 5.32 Å². The van der Waals surface area contributed by atoms with E-state index in [0.717, 1.165) is 19.3 Å². The number of fused-ring (bicyclic) bond motifs is 1. The van der Waals surface area contributed by atoms with Crippen LogP contribution >= 0.6 is 0 Å². The van der Waals surface area contributed by atoms with Crippen molar-refractivity contribution in [3.05, 3.63) is 70.3 Å². The monoisotopic (exact) mass is 293 g/mol. The number of carbonyl (C=O) groups is 1. The van der Waals surface area contributed by atoms with Gasteiger partial charge in [-0.25, -0.2) is 0 Å². The van der Waals surface area contributed by atoms with E-state index in [2.05, 4.69) is 61.6 Å². The fourth-order valence-electron chi connectivity index (χ4n) is 3.35. The fourth-order valence-corrected chi connectivity index (χ4v) is 3.35. The van der Waals surface area contributed by atoms with Crippen molar-refractivity contribution in [2.75, 3.05) is 0 Å². The van der Waals surface area contributed by atoms with Gasteiger partial charge in [-0.15, -0.1) is 0 Å². The molecule has 2 aromatic carbocycles. The van der Waals surface area contributed by atoms with Crippen LogP contribution in [-0.4, -0.2) is 5.91 Å². The second-order valence-corrected chi connectivity index (χ2v) is 6.29. The van der Waals surface area contributed by atoms with Crippen LogP contribution in [0.4, 0.5) is 0 Å². The van der Waals surface area contributed by atoms with E-state index < -0.39 is 0 Å². The van der Waals surface area contributed by atoms with Crippen LogP contribution < -0.4 is 5.32 Å². The van der Waals surface area contributed by atoms with Crippen molar-refractivity contribution in [1.82, 2.24) is 5.32 Å². The molecule has 1 aliphatic rings. The average molecular weight is 293 g/mol. The molecule has 2 nitrogen and oxygen atoms in total. The molecule has 0 saturated carbocycles. The van der Waals surface area contributed by atoms with E-state index in [1.807, 2.05) is 0 Å². The number of nitrogens with one attached hydrogen (secondary N) is 1. The lowest BCUT2D eigenvalue weighted by molar-refractivity contribution is -0.121. The van der Waals surface area contributed by atoms with Crippen molar-refractivity contribution < 1.29 is 4.79 Å². The minimum absolute atomic E-state index is 0.154. The van der Waals surface area contributed by atoms with Crippen LogP contribution in [0.5, 0.6) is 0 Å². The van der Waals surface area contributed by atoms with Crippen molar-refractivity contribution in [3.8, 4) is 0 Å². The Hall–Kier alpha value is -2.09. The van der Waals surface area contributed by atoms with Crippen molar-refractivity contribution >= 4 is 5.91 Å². The molecule has 0 saturated heterocycles. The predicted molar refractivity (Wildman–Crippen MR) is 89.9 cm³/mol. The molecular weight excluding hydrogens is 270 g/mol. The predicted octanol–water partition coefficient (Wildman–Crippen LogP) is 4.04. The molecule has 22 heavy (non-hydrogen) atoms. The maximum Gasteiger partial charge on any atom is 0.220 e. The van der Waals surface area contributed by atoms with Crippen LogP contribution in [0.15, 0.2) is 42.5 Å². The van der Waals surface area contributed by atoms with Gasteiger partial charge in [-0.05, 0) is 55.4 Å². The zero-order valence-electron chi connectivity index (χ0n) is 13.4. The molecule has 0 fully saturated rings. The third kappa shape index (κ3) is 3.22. The topological polar surface area (TPSA) is 29.1 Å². The summed E-state index contributed by atoms with van der Waals surface area (Å²) in [5, 5.41) is 3.20. The second-order valence-electron chi connectivity index (χ2n) is 6.29. The van der Waals surface area contributed by atoms with Gasteiger partial charge in [0.15, 0.2) is 0 Å². The van der Waals surface area contributed by atoms with Crippen LogP contribution in [-0.2, 0) is 17.6 Å². The van der Waals surface area contributed by atoms with Gasteiger partial charge in [0.25, 0.3) is 0 Å². The molecule has 0 aromatic heterocycles. The third-order valence-electron chi connectivity index (χ3n) is 4.59. The zero-order valence-corrected chi connectivity index (χ0v) is 13.4. The highest BCUT2D eigenvalue weighted by Crippen LogP contribution is 2.30. The van der Waals surface area contributed by atoms with Gasteiger partial charge in [-0.1, -0.05) is 48.0 Å². The molecule has 1 aliphatic carbocycles. The molecule has 0 spiro atoms. The average Bonchev–Trinajstić information content (AvgIpc) is 2.90. The molecule has 1 atom stereocenters. The van der Waals surface area contributed by atoms with E-state index in [-0.39, 0.29) is 11.9 Å². The number of amides is 1. The highest BCUT2D eigenvalue weighted by molar-refractivity contribution is 5.77. The Bertz CT molecular complexity index is 690. The normalized spacial score (nSPS) is 16.4. The van der Waals surface area contributed by atoms with Crippen LogP contribution in [0.1, 0.15) is 46.7 Å². The summed E-state index contributed by atoms with van der Waals surface area (Å²) >= 11 is 0. The van der Waals surface area contributed by atoms with E-state index in [9.17, 15) is 4.79 Å². The van der Waals surface area contributed by atoms with Crippen LogP contribution in [0.3, 0.4) is 0 Å². The van der Waals surface area contributed by atoms with Crippen LogP contribution in [0, 0.1) is 13.8 Å². The summed E-state index contributed by atoms with van der Waals surface area (Å²) in [6.07, 6.45) is 3.46. The first-order chi connectivity index (χ1) is 10.6. The SMILES string of the molecule is Cc1ccc(CCC(=O)NC2CCc3ccccc32)c(C)c1. The van der Waals surface area contributed by atoms with Crippen molar-refractivity contribution in [1.29, 1.82) is 0 Å². The third-order valence-corrected chi connectivity index (χ3v) is 4.59. The lowest BCUT2D eigenvalue weighted by Crippen LogP contribution is -2.27. The minimum Gasteiger partial charge on any atom is -0.349 e. The van der Waals surface area contributed by atoms with E-state index in [1.54, 1.807) is 0 Å². The molecule has 3 rings (SSSR count). The maximum atomic E-state index is 12.2. The fraction of sp³-hybridized carbons (Fsp3) is 0.350.